The predicted molar refractivity (Wildman–Crippen MR) is 49.7 cm³/mol. The Hall–Kier alpha value is -2.53. The van der Waals surface area contributed by atoms with Gasteiger partial charge in [-0.3, -0.25) is 4.52 Å². The molecule has 1 N–H and O–H groups in total. The number of para-hydroxylation sites is 1. The Morgan fingerprint density at radius 1 is 1.47 bits per heavy atom. The molecule has 1 aromatic carbocycles. The topological polar surface area (TPSA) is 98.6 Å². The van der Waals surface area contributed by atoms with Gasteiger partial charge in [0.25, 0.3) is 6.20 Å². The Balaban J connectivity index is 2.61. The van der Waals surface area contributed by atoms with Gasteiger partial charge in [-0.2, -0.15) is 0 Å². The number of nitrogens with zero attached hydrogens (tertiary/aromatic N) is 4. The molecule has 0 aliphatic carbocycles. The molecule has 0 unspecified atom stereocenters. The van der Waals surface area contributed by atoms with E-state index in [0.717, 1.165) is 0 Å². The largest absolute Gasteiger partial charge is 0.427 e. The molecular weight excluding hydrogens is 198 g/mol. The van der Waals surface area contributed by atoms with Crippen molar-refractivity contribution in [2.24, 2.45) is 5.11 Å². The molecule has 0 fully saturated rings. The number of aromatic nitrogens is 2. The molecule has 0 spiro atoms. The fourth-order valence-corrected chi connectivity index (χ4v) is 1.17. The molecule has 2 aromatic rings. The van der Waals surface area contributed by atoms with Gasteiger partial charge in [0.1, 0.15) is 5.69 Å². The van der Waals surface area contributed by atoms with Crippen LogP contribution in [-0.2, 0) is 0 Å². The molecule has 1 heterocycles. The van der Waals surface area contributed by atoms with Crippen LogP contribution in [0.25, 0.3) is 16.1 Å². The fourth-order valence-electron chi connectivity index (χ4n) is 1.17. The highest BCUT2D eigenvalue weighted by Gasteiger charge is 2.14. The summed E-state index contributed by atoms with van der Waals surface area (Å²) in [5, 5.41) is 5.85. The van der Waals surface area contributed by atoms with Crippen molar-refractivity contribution in [3.8, 4) is 5.69 Å². The van der Waals surface area contributed by atoms with Gasteiger partial charge in [-0.25, -0.2) is 4.79 Å². The third-order valence-electron chi connectivity index (χ3n) is 1.77. The monoisotopic (exact) mass is 204 g/mol. The predicted octanol–water partition coefficient (Wildman–Crippen LogP) is 1.19. The SMILES string of the molecule is [N-]=[N+]=Nc1ccccc1-[n+]1cc(=O)o[nH]1. The summed E-state index contributed by atoms with van der Waals surface area (Å²) in [6.07, 6.45) is 1.21. The van der Waals surface area contributed by atoms with E-state index in [1.54, 1.807) is 24.3 Å². The zero-order valence-corrected chi connectivity index (χ0v) is 7.49. The van der Waals surface area contributed by atoms with Crippen LogP contribution in [0.2, 0.25) is 0 Å². The standard InChI is InChI=1S/C8H5N5O2/c9-11-10-6-3-1-2-4-7(6)13-5-8(14)15-12-13/h1-5H/p+1. The molecule has 2 rings (SSSR count). The number of hydrogen-bond donors (Lipinski definition) is 1. The lowest BCUT2D eigenvalue weighted by Gasteiger charge is -1.92. The van der Waals surface area contributed by atoms with Gasteiger partial charge in [0.2, 0.25) is 5.69 Å². The van der Waals surface area contributed by atoms with Crippen LogP contribution in [0.5, 0.6) is 0 Å². The van der Waals surface area contributed by atoms with E-state index in [-0.39, 0.29) is 0 Å². The second-order valence-electron chi connectivity index (χ2n) is 2.69. The van der Waals surface area contributed by atoms with Gasteiger partial charge in [-0.1, -0.05) is 17.2 Å². The van der Waals surface area contributed by atoms with E-state index in [4.69, 9.17) is 5.53 Å². The van der Waals surface area contributed by atoms with Crippen LogP contribution < -0.4 is 10.3 Å². The smallest absolute Gasteiger partial charge is 0.283 e. The van der Waals surface area contributed by atoms with Crippen molar-refractivity contribution in [2.45, 2.75) is 0 Å². The first kappa shape index (κ1) is 9.04. The molecule has 0 bridgehead atoms. The summed E-state index contributed by atoms with van der Waals surface area (Å²) < 4.78 is 5.84. The van der Waals surface area contributed by atoms with Crippen LogP contribution in [0.15, 0.2) is 44.9 Å². The van der Waals surface area contributed by atoms with Crippen LogP contribution >= 0.6 is 0 Å². The van der Waals surface area contributed by atoms with E-state index in [1.165, 1.54) is 10.9 Å². The van der Waals surface area contributed by atoms with Gasteiger partial charge in [0.05, 0.1) is 0 Å². The molecule has 0 aliphatic rings. The highest BCUT2D eigenvalue weighted by atomic mass is 16.5. The summed E-state index contributed by atoms with van der Waals surface area (Å²) in [6.45, 7) is 0. The van der Waals surface area contributed by atoms with Crippen molar-refractivity contribution in [1.82, 2.24) is 5.27 Å². The number of benzene rings is 1. The molecule has 15 heavy (non-hydrogen) atoms. The maximum atomic E-state index is 10.8. The average molecular weight is 204 g/mol. The Kier molecular flexibility index (Phi) is 2.22. The average Bonchev–Trinajstić information content (AvgIpc) is 2.66. The Labute approximate surface area is 83.1 Å². The van der Waals surface area contributed by atoms with E-state index in [2.05, 4.69) is 19.8 Å². The van der Waals surface area contributed by atoms with Crippen molar-refractivity contribution < 1.29 is 9.20 Å². The molecular formula is C8H6N5O2+. The first-order valence-corrected chi connectivity index (χ1v) is 4.06. The van der Waals surface area contributed by atoms with Gasteiger partial charge < -0.3 is 0 Å². The number of nitrogens with one attached hydrogen (secondary N) is 1. The quantitative estimate of drug-likeness (QED) is 0.344. The van der Waals surface area contributed by atoms with Crippen molar-refractivity contribution in [3.63, 3.8) is 0 Å². The molecule has 0 saturated heterocycles. The Morgan fingerprint density at radius 2 is 2.27 bits per heavy atom. The van der Waals surface area contributed by atoms with Gasteiger partial charge in [0.15, 0.2) is 0 Å². The summed E-state index contributed by atoms with van der Waals surface area (Å²) in [6, 6.07) is 6.80. The van der Waals surface area contributed by atoms with E-state index >= 15 is 0 Å². The first-order chi connectivity index (χ1) is 7.31. The van der Waals surface area contributed by atoms with Crippen LogP contribution in [0, 0.1) is 0 Å². The minimum Gasteiger partial charge on any atom is -0.283 e. The highest BCUT2D eigenvalue weighted by Crippen LogP contribution is 2.17. The van der Waals surface area contributed by atoms with E-state index in [0.29, 0.717) is 11.4 Å². The summed E-state index contributed by atoms with van der Waals surface area (Å²) >= 11 is 0. The highest BCUT2D eigenvalue weighted by molar-refractivity contribution is 5.50. The number of H-pyrrole nitrogens is 1. The Morgan fingerprint density at radius 3 is 2.93 bits per heavy atom. The van der Waals surface area contributed by atoms with Crippen LogP contribution in [0.3, 0.4) is 0 Å². The zero-order valence-electron chi connectivity index (χ0n) is 7.49. The lowest BCUT2D eigenvalue weighted by Crippen LogP contribution is -2.32. The van der Waals surface area contributed by atoms with Crippen LogP contribution in [0.4, 0.5) is 5.69 Å². The molecule has 0 amide bonds. The van der Waals surface area contributed by atoms with Crippen LogP contribution in [-0.4, -0.2) is 5.27 Å². The van der Waals surface area contributed by atoms with Gasteiger partial charge in [-0.15, -0.1) is 0 Å². The summed E-state index contributed by atoms with van der Waals surface area (Å²) in [5.74, 6) is 0. The summed E-state index contributed by atoms with van der Waals surface area (Å²) in [4.78, 5) is 13.5. The van der Waals surface area contributed by atoms with E-state index in [1.807, 2.05) is 0 Å². The lowest BCUT2D eigenvalue weighted by molar-refractivity contribution is -0.669. The van der Waals surface area contributed by atoms with Gasteiger partial charge in [0, 0.05) is 11.0 Å². The molecule has 0 atom stereocenters. The molecule has 7 heteroatoms. The minimum absolute atomic E-state index is 0.405. The lowest BCUT2D eigenvalue weighted by atomic mass is 10.3. The van der Waals surface area contributed by atoms with Gasteiger partial charge >= 0.3 is 5.63 Å². The molecule has 0 saturated carbocycles. The number of hydrogen-bond acceptors (Lipinski definition) is 3. The zero-order chi connectivity index (χ0) is 10.7. The molecule has 74 valence electrons. The fraction of sp³-hybridized carbons (Fsp3) is 0. The third kappa shape index (κ3) is 1.72. The third-order valence-corrected chi connectivity index (χ3v) is 1.77. The maximum absolute atomic E-state index is 10.8. The second-order valence-corrected chi connectivity index (χ2v) is 2.69. The first-order valence-electron chi connectivity index (χ1n) is 4.06. The van der Waals surface area contributed by atoms with Crippen molar-refractivity contribution in [3.05, 3.63) is 51.3 Å². The summed E-state index contributed by atoms with van der Waals surface area (Å²) in [7, 11) is 0. The maximum Gasteiger partial charge on any atom is 0.427 e. The minimum atomic E-state index is -0.509. The summed E-state index contributed by atoms with van der Waals surface area (Å²) in [5.41, 5.74) is 8.79. The molecule has 0 aliphatic heterocycles. The van der Waals surface area contributed by atoms with Gasteiger partial charge in [-0.05, 0) is 21.6 Å². The number of rotatable bonds is 2. The Bertz CT molecular complexity index is 578. The number of azide groups is 1. The number of aromatic amines is 1. The molecule has 1 aromatic heterocycles. The van der Waals surface area contributed by atoms with E-state index in [9.17, 15) is 4.79 Å². The second kappa shape index (κ2) is 3.69. The van der Waals surface area contributed by atoms with Crippen LogP contribution in [0.1, 0.15) is 0 Å². The van der Waals surface area contributed by atoms with Crippen molar-refractivity contribution >= 4 is 5.69 Å². The van der Waals surface area contributed by atoms with Crippen molar-refractivity contribution in [2.75, 3.05) is 0 Å². The normalized spacial score (nSPS) is 9.60. The van der Waals surface area contributed by atoms with E-state index < -0.39 is 5.63 Å². The molecule has 7 nitrogen and oxygen atoms in total. The molecule has 0 radical (unpaired) electrons. The van der Waals surface area contributed by atoms with Crippen molar-refractivity contribution in [1.29, 1.82) is 0 Å².